The smallest absolute Gasteiger partial charge is 0.269 e. The third-order valence-electron chi connectivity index (χ3n) is 4.68. The highest BCUT2D eigenvalue weighted by Crippen LogP contribution is 2.27. The zero-order valence-corrected chi connectivity index (χ0v) is 16.3. The van der Waals surface area contributed by atoms with E-state index in [0.29, 0.717) is 17.0 Å². The Bertz CT molecular complexity index is 998. The molecule has 1 unspecified atom stereocenters. The van der Waals surface area contributed by atoms with Gasteiger partial charge in [-0.1, -0.05) is 42.0 Å². The molecule has 3 aromatic carbocycles. The van der Waals surface area contributed by atoms with Crippen molar-refractivity contribution in [2.75, 3.05) is 12.4 Å². The fourth-order valence-corrected chi connectivity index (χ4v) is 3.03. The van der Waals surface area contributed by atoms with Gasteiger partial charge in [0.1, 0.15) is 5.75 Å². The number of nitrogens with zero attached hydrogens (tertiary/aromatic N) is 1. The number of ketones is 1. The number of non-ortho nitro benzene ring substituents is 1. The van der Waals surface area contributed by atoms with E-state index in [0.717, 1.165) is 11.1 Å². The highest BCUT2D eigenvalue weighted by molar-refractivity contribution is 5.97. The predicted molar refractivity (Wildman–Crippen MR) is 113 cm³/mol. The number of benzene rings is 3. The minimum atomic E-state index is -0.437. The van der Waals surface area contributed by atoms with Gasteiger partial charge in [0.2, 0.25) is 0 Å². The molecule has 0 bridgehead atoms. The number of hydrogen-bond donors (Lipinski definition) is 1. The lowest BCUT2D eigenvalue weighted by atomic mass is 9.96. The number of hydrogen-bond acceptors (Lipinski definition) is 5. The van der Waals surface area contributed by atoms with Crippen LogP contribution in [0.2, 0.25) is 0 Å². The molecule has 0 aliphatic carbocycles. The summed E-state index contributed by atoms with van der Waals surface area (Å²) in [5.74, 6) is 0.606. The van der Waals surface area contributed by atoms with Crippen molar-refractivity contribution in [1.29, 1.82) is 0 Å². The number of rotatable bonds is 8. The van der Waals surface area contributed by atoms with Crippen molar-refractivity contribution in [1.82, 2.24) is 0 Å². The highest BCUT2D eigenvalue weighted by Gasteiger charge is 2.18. The molecular formula is C23H22N2O4. The van der Waals surface area contributed by atoms with Gasteiger partial charge in [0.25, 0.3) is 5.69 Å². The Morgan fingerprint density at radius 1 is 1.07 bits per heavy atom. The monoisotopic (exact) mass is 390 g/mol. The Labute approximate surface area is 169 Å². The van der Waals surface area contributed by atoms with Crippen LogP contribution in [-0.4, -0.2) is 17.8 Å². The van der Waals surface area contributed by atoms with Gasteiger partial charge in [0, 0.05) is 29.8 Å². The quantitative estimate of drug-likeness (QED) is 0.319. The van der Waals surface area contributed by atoms with Crippen LogP contribution in [0, 0.1) is 17.0 Å². The van der Waals surface area contributed by atoms with Gasteiger partial charge in [0.15, 0.2) is 5.78 Å². The minimum Gasteiger partial charge on any atom is -0.497 e. The lowest BCUT2D eigenvalue weighted by molar-refractivity contribution is -0.384. The molecule has 0 heterocycles. The van der Waals surface area contributed by atoms with E-state index in [1.807, 2.05) is 31.2 Å². The molecule has 1 atom stereocenters. The molecule has 148 valence electrons. The molecule has 0 spiro atoms. The van der Waals surface area contributed by atoms with Crippen molar-refractivity contribution < 1.29 is 14.5 Å². The Morgan fingerprint density at radius 3 is 2.38 bits per heavy atom. The van der Waals surface area contributed by atoms with Crippen LogP contribution >= 0.6 is 0 Å². The van der Waals surface area contributed by atoms with Crippen LogP contribution in [0.15, 0.2) is 72.8 Å². The van der Waals surface area contributed by atoms with Crippen LogP contribution in [0.25, 0.3) is 0 Å². The van der Waals surface area contributed by atoms with E-state index < -0.39 is 4.92 Å². The second-order valence-corrected chi connectivity index (χ2v) is 6.77. The number of anilines is 1. The SMILES string of the molecule is COc1cccc(C(=O)CC(Nc2ccc([N+](=O)[O-])cc2)c2ccc(C)cc2)c1. The van der Waals surface area contributed by atoms with E-state index >= 15 is 0 Å². The van der Waals surface area contributed by atoms with E-state index in [1.54, 1.807) is 43.5 Å². The third-order valence-corrected chi connectivity index (χ3v) is 4.68. The van der Waals surface area contributed by atoms with Gasteiger partial charge in [-0.2, -0.15) is 0 Å². The first kappa shape index (κ1) is 20.1. The molecule has 6 heteroatoms. The Morgan fingerprint density at radius 2 is 1.76 bits per heavy atom. The number of Topliss-reactive ketones (excluding diaryl/α,β-unsaturated/α-hetero) is 1. The van der Waals surface area contributed by atoms with Crippen molar-refractivity contribution >= 4 is 17.2 Å². The van der Waals surface area contributed by atoms with Gasteiger partial charge in [0.05, 0.1) is 18.1 Å². The first-order valence-corrected chi connectivity index (χ1v) is 9.21. The lowest BCUT2D eigenvalue weighted by Gasteiger charge is -2.20. The maximum Gasteiger partial charge on any atom is 0.269 e. The summed E-state index contributed by atoms with van der Waals surface area (Å²) in [5, 5.41) is 14.2. The van der Waals surface area contributed by atoms with E-state index in [-0.39, 0.29) is 23.9 Å². The summed E-state index contributed by atoms with van der Waals surface area (Å²) < 4.78 is 5.21. The van der Waals surface area contributed by atoms with Gasteiger partial charge in [-0.25, -0.2) is 0 Å². The second kappa shape index (κ2) is 9.01. The molecule has 0 fully saturated rings. The summed E-state index contributed by atoms with van der Waals surface area (Å²) in [7, 11) is 1.56. The molecule has 0 aliphatic heterocycles. The van der Waals surface area contributed by atoms with Crippen molar-refractivity contribution in [2.24, 2.45) is 0 Å². The van der Waals surface area contributed by atoms with Gasteiger partial charge in [-0.15, -0.1) is 0 Å². The number of aryl methyl sites for hydroxylation is 1. The highest BCUT2D eigenvalue weighted by atomic mass is 16.6. The van der Waals surface area contributed by atoms with Crippen LogP contribution in [0.3, 0.4) is 0 Å². The van der Waals surface area contributed by atoms with Crippen molar-refractivity contribution in [3.05, 3.63) is 99.6 Å². The van der Waals surface area contributed by atoms with Crippen molar-refractivity contribution in [3.8, 4) is 5.75 Å². The van der Waals surface area contributed by atoms with Crippen LogP contribution in [0.5, 0.6) is 5.75 Å². The Kier molecular flexibility index (Phi) is 6.24. The molecule has 1 N–H and O–H groups in total. The summed E-state index contributed by atoms with van der Waals surface area (Å²) in [6, 6.07) is 20.9. The van der Waals surface area contributed by atoms with Gasteiger partial charge in [-0.3, -0.25) is 14.9 Å². The number of ether oxygens (including phenoxy) is 1. The minimum absolute atomic E-state index is 0.0230. The topological polar surface area (TPSA) is 81.5 Å². The van der Waals surface area contributed by atoms with Crippen LogP contribution in [-0.2, 0) is 0 Å². The number of methoxy groups -OCH3 is 1. The second-order valence-electron chi connectivity index (χ2n) is 6.77. The fraction of sp³-hybridized carbons (Fsp3) is 0.174. The van der Waals surface area contributed by atoms with Crippen LogP contribution < -0.4 is 10.1 Å². The summed E-state index contributed by atoms with van der Waals surface area (Å²) in [6.45, 7) is 2.00. The van der Waals surface area contributed by atoms with Gasteiger partial charge < -0.3 is 10.1 Å². The number of nitrogens with one attached hydrogen (secondary N) is 1. The number of carbonyl (C=O) groups excluding carboxylic acids is 1. The summed E-state index contributed by atoms with van der Waals surface area (Å²) in [5.41, 5.74) is 3.40. The molecule has 0 amide bonds. The molecular weight excluding hydrogens is 368 g/mol. The Balaban J connectivity index is 1.85. The predicted octanol–water partition coefficient (Wildman–Crippen LogP) is 5.34. The fourth-order valence-electron chi connectivity index (χ4n) is 3.03. The summed E-state index contributed by atoms with van der Waals surface area (Å²) in [4.78, 5) is 23.3. The van der Waals surface area contributed by atoms with Crippen molar-refractivity contribution in [3.63, 3.8) is 0 Å². The van der Waals surface area contributed by atoms with Gasteiger partial charge in [-0.05, 0) is 36.8 Å². The Hall–Kier alpha value is -3.67. The van der Waals surface area contributed by atoms with Gasteiger partial charge >= 0.3 is 0 Å². The third kappa shape index (κ3) is 5.19. The largest absolute Gasteiger partial charge is 0.497 e. The summed E-state index contributed by atoms with van der Waals surface area (Å²) >= 11 is 0. The maximum atomic E-state index is 12.9. The van der Waals surface area contributed by atoms with Crippen LogP contribution in [0.4, 0.5) is 11.4 Å². The molecule has 0 aromatic heterocycles. The van der Waals surface area contributed by atoms with E-state index in [1.165, 1.54) is 12.1 Å². The van der Waals surface area contributed by atoms with E-state index in [9.17, 15) is 14.9 Å². The molecule has 3 aromatic rings. The summed E-state index contributed by atoms with van der Waals surface area (Å²) in [6.07, 6.45) is 0.229. The average Bonchev–Trinajstić information content (AvgIpc) is 2.74. The molecule has 0 saturated heterocycles. The zero-order valence-electron chi connectivity index (χ0n) is 16.3. The van der Waals surface area contributed by atoms with E-state index in [2.05, 4.69) is 5.32 Å². The van der Waals surface area contributed by atoms with Crippen LogP contribution in [0.1, 0.15) is 33.9 Å². The zero-order chi connectivity index (χ0) is 20.8. The average molecular weight is 390 g/mol. The molecule has 29 heavy (non-hydrogen) atoms. The number of carbonyl (C=O) groups is 1. The first-order chi connectivity index (χ1) is 14.0. The number of nitro benzene ring substituents is 1. The molecule has 0 radical (unpaired) electrons. The maximum absolute atomic E-state index is 12.9. The molecule has 6 nitrogen and oxygen atoms in total. The molecule has 0 saturated carbocycles. The van der Waals surface area contributed by atoms with Crippen molar-refractivity contribution in [2.45, 2.75) is 19.4 Å². The standard InChI is InChI=1S/C23H22N2O4/c1-16-6-8-17(9-7-16)22(24-19-10-12-20(13-11-19)25(27)28)15-23(26)18-4-3-5-21(14-18)29-2/h3-14,22,24H,15H2,1-2H3. The first-order valence-electron chi connectivity index (χ1n) is 9.21. The lowest BCUT2D eigenvalue weighted by Crippen LogP contribution is -2.16. The normalized spacial score (nSPS) is 11.5. The van der Waals surface area contributed by atoms with E-state index in [4.69, 9.17) is 4.74 Å². The number of nitro groups is 1. The molecule has 0 aliphatic rings. The molecule has 3 rings (SSSR count).